The predicted octanol–water partition coefficient (Wildman–Crippen LogP) is 4.23. The molecule has 178 valence electrons. The number of nitrogens with one attached hydrogen (secondary N) is 1. The second kappa shape index (κ2) is 9.84. The molecule has 0 saturated carbocycles. The zero-order valence-corrected chi connectivity index (χ0v) is 19.2. The molecule has 0 fully saturated rings. The van der Waals surface area contributed by atoms with Crippen LogP contribution in [-0.2, 0) is 20.7 Å². The molecule has 1 heterocycles. The number of imide groups is 1. The van der Waals surface area contributed by atoms with E-state index < -0.39 is 36.3 Å². The minimum absolute atomic E-state index is 0.0656. The lowest BCUT2D eigenvalue weighted by atomic mass is 10.0. The standard InChI is InChI=1S/C29H22N2O5/c32-26(30-24-16-8-12-20-11-4-5-13-21(20)24)18-36-29(35)25(17-19-9-2-1-3-10-19)31-27(33)22-14-6-7-15-23(22)28(31)34/h1-16,25H,17-18H2,(H,30,32)/t25-/m0/s1. The maximum Gasteiger partial charge on any atom is 0.330 e. The number of ether oxygens (including phenoxy) is 1. The van der Waals surface area contributed by atoms with E-state index in [1.54, 1.807) is 54.6 Å². The molecule has 0 saturated heterocycles. The average Bonchev–Trinajstić information content (AvgIpc) is 3.16. The maximum absolute atomic E-state index is 13.2. The van der Waals surface area contributed by atoms with Gasteiger partial charge >= 0.3 is 5.97 Å². The third-order valence-electron chi connectivity index (χ3n) is 6.09. The highest BCUT2D eigenvalue weighted by Crippen LogP contribution is 2.27. The zero-order chi connectivity index (χ0) is 25.1. The minimum Gasteiger partial charge on any atom is -0.454 e. The smallest absolute Gasteiger partial charge is 0.330 e. The number of esters is 1. The molecule has 1 atom stereocenters. The largest absolute Gasteiger partial charge is 0.454 e. The molecule has 0 spiro atoms. The van der Waals surface area contributed by atoms with E-state index >= 15 is 0 Å². The first-order valence-electron chi connectivity index (χ1n) is 11.5. The molecule has 0 unspecified atom stereocenters. The maximum atomic E-state index is 13.2. The van der Waals surface area contributed by atoms with E-state index in [-0.39, 0.29) is 17.5 Å². The van der Waals surface area contributed by atoms with Crippen LogP contribution in [0, 0.1) is 0 Å². The van der Waals surface area contributed by atoms with Crippen LogP contribution in [0.25, 0.3) is 10.8 Å². The lowest BCUT2D eigenvalue weighted by molar-refractivity contribution is -0.151. The molecular weight excluding hydrogens is 456 g/mol. The van der Waals surface area contributed by atoms with E-state index in [0.29, 0.717) is 5.69 Å². The highest BCUT2D eigenvalue weighted by atomic mass is 16.5. The molecule has 4 aromatic carbocycles. The molecule has 7 nitrogen and oxygen atoms in total. The molecule has 4 aromatic rings. The van der Waals surface area contributed by atoms with Crippen molar-refractivity contribution in [1.29, 1.82) is 0 Å². The van der Waals surface area contributed by atoms with Crippen LogP contribution in [0.2, 0.25) is 0 Å². The van der Waals surface area contributed by atoms with Gasteiger partial charge in [-0.05, 0) is 29.1 Å². The fourth-order valence-corrected chi connectivity index (χ4v) is 4.36. The van der Waals surface area contributed by atoms with Gasteiger partial charge in [0.05, 0.1) is 11.1 Å². The average molecular weight is 479 g/mol. The molecule has 0 aliphatic carbocycles. The van der Waals surface area contributed by atoms with Crippen LogP contribution in [0.3, 0.4) is 0 Å². The predicted molar refractivity (Wildman–Crippen MR) is 134 cm³/mol. The summed E-state index contributed by atoms with van der Waals surface area (Å²) in [5, 5.41) is 4.58. The fraction of sp³-hybridized carbons (Fsp3) is 0.103. The number of hydrogen-bond donors (Lipinski definition) is 1. The summed E-state index contributed by atoms with van der Waals surface area (Å²) in [4.78, 5) is 52.9. The van der Waals surface area contributed by atoms with Gasteiger partial charge in [0.1, 0.15) is 6.04 Å². The van der Waals surface area contributed by atoms with Gasteiger partial charge in [0.2, 0.25) is 0 Å². The Morgan fingerprint density at radius 2 is 1.36 bits per heavy atom. The molecule has 1 N–H and O–H groups in total. The van der Waals surface area contributed by atoms with Crippen LogP contribution in [0.1, 0.15) is 26.3 Å². The Morgan fingerprint density at radius 3 is 2.08 bits per heavy atom. The van der Waals surface area contributed by atoms with Gasteiger partial charge in [-0.25, -0.2) is 4.79 Å². The number of carbonyl (C=O) groups is 4. The van der Waals surface area contributed by atoms with Gasteiger partial charge in [-0.15, -0.1) is 0 Å². The third-order valence-corrected chi connectivity index (χ3v) is 6.09. The second-order valence-corrected chi connectivity index (χ2v) is 8.41. The number of benzene rings is 4. The Hall–Kier alpha value is -4.78. The van der Waals surface area contributed by atoms with Gasteiger partial charge in [-0.1, -0.05) is 78.9 Å². The van der Waals surface area contributed by atoms with Crippen molar-refractivity contribution in [3.63, 3.8) is 0 Å². The molecule has 7 heteroatoms. The molecule has 36 heavy (non-hydrogen) atoms. The van der Waals surface area contributed by atoms with Crippen LogP contribution < -0.4 is 5.32 Å². The van der Waals surface area contributed by atoms with Crippen molar-refractivity contribution < 1.29 is 23.9 Å². The fourth-order valence-electron chi connectivity index (χ4n) is 4.36. The molecule has 0 aromatic heterocycles. The first-order valence-corrected chi connectivity index (χ1v) is 11.5. The van der Waals surface area contributed by atoms with Crippen LogP contribution in [-0.4, -0.2) is 41.2 Å². The second-order valence-electron chi connectivity index (χ2n) is 8.41. The van der Waals surface area contributed by atoms with Crippen molar-refractivity contribution in [2.24, 2.45) is 0 Å². The van der Waals surface area contributed by atoms with Crippen molar-refractivity contribution in [3.05, 3.63) is 114 Å². The van der Waals surface area contributed by atoms with Gasteiger partial charge in [-0.3, -0.25) is 19.3 Å². The van der Waals surface area contributed by atoms with Crippen molar-refractivity contribution >= 4 is 40.2 Å². The molecule has 1 aliphatic rings. The van der Waals surface area contributed by atoms with Gasteiger partial charge < -0.3 is 10.1 Å². The Labute approximate surface area is 207 Å². The molecule has 0 bridgehead atoms. The Morgan fingerprint density at radius 1 is 0.750 bits per heavy atom. The molecular formula is C29H22N2O5. The van der Waals surface area contributed by atoms with Crippen LogP contribution in [0.5, 0.6) is 0 Å². The van der Waals surface area contributed by atoms with E-state index in [1.807, 2.05) is 42.5 Å². The Kier molecular flexibility index (Phi) is 6.28. The number of hydrogen-bond acceptors (Lipinski definition) is 5. The van der Waals surface area contributed by atoms with Crippen molar-refractivity contribution in [2.45, 2.75) is 12.5 Å². The number of amides is 3. The zero-order valence-electron chi connectivity index (χ0n) is 19.2. The van der Waals surface area contributed by atoms with Gasteiger partial charge in [0.15, 0.2) is 6.61 Å². The number of nitrogens with zero attached hydrogens (tertiary/aromatic N) is 1. The Bertz CT molecular complexity index is 1440. The van der Waals surface area contributed by atoms with Crippen molar-refractivity contribution in [1.82, 2.24) is 4.90 Å². The van der Waals surface area contributed by atoms with Crippen LogP contribution in [0.15, 0.2) is 97.1 Å². The van der Waals surface area contributed by atoms with Crippen LogP contribution >= 0.6 is 0 Å². The van der Waals surface area contributed by atoms with Crippen molar-refractivity contribution in [3.8, 4) is 0 Å². The summed E-state index contributed by atoms with van der Waals surface area (Å²) in [7, 11) is 0. The summed E-state index contributed by atoms with van der Waals surface area (Å²) in [5.74, 6) is -2.48. The minimum atomic E-state index is -1.22. The quantitative estimate of drug-likeness (QED) is 0.317. The van der Waals surface area contributed by atoms with E-state index in [4.69, 9.17) is 4.74 Å². The van der Waals surface area contributed by atoms with E-state index in [1.165, 1.54) is 0 Å². The van der Waals surface area contributed by atoms with E-state index in [2.05, 4.69) is 5.32 Å². The highest BCUT2D eigenvalue weighted by molar-refractivity contribution is 6.22. The number of rotatable bonds is 7. The lowest BCUT2D eigenvalue weighted by Gasteiger charge is -2.24. The summed E-state index contributed by atoms with van der Waals surface area (Å²) in [6.07, 6.45) is 0.0656. The normalized spacial score (nSPS) is 13.4. The summed E-state index contributed by atoms with van der Waals surface area (Å²) in [5.41, 5.74) is 1.82. The lowest BCUT2D eigenvalue weighted by Crippen LogP contribution is -2.47. The number of carbonyl (C=O) groups excluding carboxylic acids is 4. The van der Waals surface area contributed by atoms with Gasteiger partial charge in [0, 0.05) is 17.5 Å². The number of anilines is 1. The molecule has 3 amide bonds. The molecule has 5 rings (SSSR count). The molecule has 0 radical (unpaired) electrons. The monoisotopic (exact) mass is 478 g/mol. The van der Waals surface area contributed by atoms with Crippen molar-refractivity contribution in [2.75, 3.05) is 11.9 Å². The first-order chi connectivity index (χ1) is 17.5. The molecule has 1 aliphatic heterocycles. The summed E-state index contributed by atoms with van der Waals surface area (Å²) in [6.45, 7) is -0.559. The van der Waals surface area contributed by atoms with E-state index in [9.17, 15) is 19.2 Å². The SMILES string of the molecule is O=C(COC(=O)[C@H](Cc1ccccc1)N1C(=O)c2ccccc2C1=O)Nc1cccc2ccccc12. The van der Waals surface area contributed by atoms with Gasteiger partial charge in [0.25, 0.3) is 17.7 Å². The Balaban J connectivity index is 1.34. The topological polar surface area (TPSA) is 92.8 Å². The van der Waals surface area contributed by atoms with Crippen LogP contribution in [0.4, 0.5) is 5.69 Å². The summed E-state index contributed by atoms with van der Waals surface area (Å²) in [6, 6.07) is 27.4. The van der Waals surface area contributed by atoms with Gasteiger partial charge in [-0.2, -0.15) is 0 Å². The third kappa shape index (κ3) is 4.46. The highest BCUT2D eigenvalue weighted by Gasteiger charge is 2.43. The first kappa shape index (κ1) is 23.0. The summed E-state index contributed by atoms with van der Waals surface area (Å²) >= 11 is 0. The summed E-state index contributed by atoms with van der Waals surface area (Å²) < 4.78 is 5.33. The number of fused-ring (bicyclic) bond motifs is 2. The van der Waals surface area contributed by atoms with E-state index in [0.717, 1.165) is 21.2 Å².